The van der Waals surface area contributed by atoms with Gasteiger partial charge in [0.1, 0.15) is 5.60 Å². The lowest BCUT2D eigenvalue weighted by Crippen LogP contribution is -2.56. The fourth-order valence-electron chi connectivity index (χ4n) is 4.02. The van der Waals surface area contributed by atoms with E-state index in [1.165, 1.54) is 0 Å². The molecule has 2 saturated heterocycles. The number of hydrogen-bond donors (Lipinski definition) is 0. The quantitative estimate of drug-likeness (QED) is 0.584. The van der Waals surface area contributed by atoms with E-state index in [-0.39, 0.29) is 29.5 Å². The zero-order chi connectivity index (χ0) is 19.1. The van der Waals surface area contributed by atoms with Crippen molar-refractivity contribution in [2.24, 2.45) is 5.92 Å². The highest BCUT2D eigenvalue weighted by Crippen LogP contribution is 2.39. The number of pyridine rings is 1. The molecule has 1 amide bonds. The predicted molar refractivity (Wildman–Crippen MR) is 90.7 cm³/mol. The summed E-state index contributed by atoms with van der Waals surface area (Å²) in [6.07, 6.45) is 3.15. The molecule has 2 bridgehead atoms. The molecule has 0 aromatic carbocycles. The van der Waals surface area contributed by atoms with Gasteiger partial charge in [-0.05, 0) is 65.0 Å². The van der Waals surface area contributed by atoms with Crippen molar-refractivity contribution in [3.63, 3.8) is 0 Å². The number of aromatic nitrogens is 1. The van der Waals surface area contributed by atoms with Gasteiger partial charge in [0, 0.05) is 18.0 Å². The lowest BCUT2D eigenvalue weighted by Gasteiger charge is -2.48. The van der Waals surface area contributed by atoms with Crippen LogP contribution in [0.5, 0.6) is 0 Å². The molecular formula is C19H24F2N2O3. The van der Waals surface area contributed by atoms with Gasteiger partial charge in [0.05, 0.1) is 5.56 Å². The number of Topliss-reactive ketones (excluding diaryl/α,β-unsaturated/α-hetero) is 1. The summed E-state index contributed by atoms with van der Waals surface area (Å²) in [7, 11) is 0. The molecule has 0 aliphatic carbocycles. The minimum atomic E-state index is -1.07. The van der Waals surface area contributed by atoms with Crippen molar-refractivity contribution in [2.45, 2.75) is 70.6 Å². The fraction of sp³-hybridized carbons (Fsp3) is 0.632. The number of hydrogen-bond acceptors (Lipinski definition) is 4. The van der Waals surface area contributed by atoms with Gasteiger partial charge in [0.2, 0.25) is 11.9 Å². The smallest absolute Gasteiger partial charge is 0.410 e. The minimum Gasteiger partial charge on any atom is -0.444 e. The number of piperidine rings is 2. The second-order valence-corrected chi connectivity index (χ2v) is 8.13. The standard InChI is InChI=1S/C19H24F2N2O3/c1-19(2,3)26-18(25)23-12-5-4-6-13(23)10-11(9-12)16(24)14-7-8-15(20)22-17(14)21/h7-8,11-13H,4-6,9-10H2,1-3H3. The van der Waals surface area contributed by atoms with E-state index in [4.69, 9.17) is 4.74 Å². The molecule has 0 radical (unpaired) electrons. The predicted octanol–water partition coefficient (Wildman–Crippen LogP) is 4.11. The molecule has 0 saturated carbocycles. The van der Waals surface area contributed by atoms with Crippen LogP contribution in [-0.2, 0) is 4.74 Å². The van der Waals surface area contributed by atoms with Crippen LogP contribution in [0.15, 0.2) is 12.1 Å². The summed E-state index contributed by atoms with van der Waals surface area (Å²) in [5, 5.41) is 0. The number of amides is 1. The maximum atomic E-state index is 13.9. The lowest BCUT2D eigenvalue weighted by molar-refractivity contribution is -0.0261. The van der Waals surface area contributed by atoms with Crippen LogP contribution in [0.25, 0.3) is 0 Å². The highest BCUT2D eigenvalue weighted by Gasteiger charge is 2.44. The van der Waals surface area contributed by atoms with E-state index >= 15 is 0 Å². The monoisotopic (exact) mass is 366 g/mol. The normalized spacial score (nSPS) is 25.7. The van der Waals surface area contributed by atoms with Crippen LogP contribution in [0.3, 0.4) is 0 Å². The first-order chi connectivity index (χ1) is 12.2. The van der Waals surface area contributed by atoms with E-state index in [2.05, 4.69) is 4.98 Å². The van der Waals surface area contributed by atoms with Gasteiger partial charge in [-0.1, -0.05) is 0 Å². The van der Waals surface area contributed by atoms with E-state index in [1.807, 2.05) is 20.8 Å². The zero-order valence-corrected chi connectivity index (χ0v) is 15.3. The Morgan fingerprint density at radius 2 is 1.77 bits per heavy atom. The lowest BCUT2D eigenvalue weighted by atomic mass is 9.76. The van der Waals surface area contributed by atoms with Crippen LogP contribution >= 0.6 is 0 Å². The summed E-state index contributed by atoms with van der Waals surface area (Å²) in [5.74, 6) is -2.79. The number of fused-ring (bicyclic) bond motifs is 2. The minimum absolute atomic E-state index is 0.0947. The van der Waals surface area contributed by atoms with E-state index < -0.39 is 23.4 Å². The van der Waals surface area contributed by atoms with Gasteiger partial charge in [0.15, 0.2) is 5.78 Å². The van der Waals surface area contributed by atoms with Crippen molar-refractivity contribution in [3.8, 4) is 0 Å². The highest BCUT2D eigenvalue weighted by atomic mass is 19.1. The van der Waals surface area contributed by atoms with Crippen LogP contribution in [0.4, 0.5) is 13.6 Å². The number of rotatable bonds is 2. The summed E-state index contributed by atoms with van der Waals surface area (Å²) in [5.41, 5.74) is -0.763. The number of carbonyl (C=O) groups is 2. The second-order valence-electron chi connectivity index (χ2n) is 8.13. The first-order valence-electron chi connectivity index (χ1n) is 9.03. The Labute approximate surface area is 151 Å². The van der Waals surface area contributed by atoms with E-state index in [9.17, 15) is 18.4 Å². The Morgan fingerprint density at radius 3 is 2.31 bits per heavy atom. The molecule has 2 atom stereocenters. The van der Waals surface area contributed by atoms with Gasteiger partial charge >= 0.3 is 6.09 Å². The van der Waals surface area contributed by atoms with Crippen LogP contribution in [0.1, 0.15) is 63.2 Å². The topological polar surface area (TPSA) is 59.5 Å². The second kappa shape index (κ2) is 6.93. The van der Waals surface area contributed by atoms with E-state index in [1.54, 1.807) is 4.90 Å². The average Bonchev–Trinajstić information content (AvgIpc) is 2.51. The van der Waals surface area contributed by atoms with Crippen molar-refractivity contribution in [2.75, 3.05) is 0 Å². The number of ether oxygens (including phenoxy) is 1. The Morgan fingerprint density at radius 1 is 1.15 bits per heavy atom. The van der Waals surface area contributed by atoms with Gasteiger partial charge in [-0.15, -0.1) is 0 Å². The molecular weight excluding hydrogens is 342 g/mol. The van der Waals surface area contributed by atoms with Gasteiger partial charge in [0.25, 0.3) is 0 Å². The summed E-state index contributed by atoms with van der Waals surface area (Å²) in [4.78, 5) is 30.2. The fourth-order valence-corrected chi connectivity index (χ4v) is 4.02. The van der Waals surface area contributed by atoms with Crippen molar-refractivity contribution in [3.05, 3.63) is 29.6 Å². The average molecular weight is 366 g/mol. The Balaban J connectivity index is 1.77. The first kappa shape index (κ1) is 18.7. The molecule has 7 heteroatoms. The molecule has 5 nitrogen and oxygen atoms in total. The Hall–Kier alpha value is -2.05. The third kappa shape index (κ3) is 3.86. The molecule has 2 unspecified atom stereocenters. The third-order valence-electron chi connectivity index (χ3n) is 5.03. The Bertz CT molecular complexity index is 703. The third-order valence-corrected chi connectivity index (χ3v) is 5.03. The zero-order valence-electron chi connectivity index (χ0n) is 15.3. The van der Waals surface area contributed by atoms with Crippen LogP contribution in [0, 0.1) is 17.8 Å². The van der Waals surface area contributed by atoms with Crippen molar-refractivity contribution < 1.29 is 23.1 Å². The van der Waals surface area contributed by atoms with Crippen LogP contribution in [-0.4, -0.2) is 39.4 Å². The number of ketones is 1. The van der Waals surface area contributed by atoms with Crippen LogP contribution in [0.2, 0.25) is 0 Å². The molecule has 2 fully saturated rings. The van der Waals surface area contributed by atoms with Gasteiger partial charge in [-0.2, -0.15) is 13.8 Å². The number of carbonyl (C=O) groups excluding carboxylic acids is 2. The molecule has 2 aliphatic rings. The van der Waals surface area contributed by atoms with Gasteiger partial charge in [-0.25, -0.2) is 4.79 Å². The molecule has 26 heavy (non-hydrogen) atoms. The molecule has 1 aromatic heterocycles. The number of halogens is 2. The Kier molecular flexibility index (Phi) is 4.99. The number of nitrogens with zero attached hydrogens (tertiary/aromatic N) is 2. The van der Waals surface area contributed by atoms with Crippen molar-refractivity contribution in [1.82, 2.24) is 9.88 Å². The highest BCUT2D eigenvalue weighted by molar-refractivity contribution is 5.98. The molecule has 3 rings (SSSR count). The maximum Gasteiger partial charge on any atom is 0.410 e. The molecule has 3 heterocycles. The molecule has 1 aromatic rings. The van der Waals surface area contributed by atoms with Crippen molar-refractivity contribution in [1.29, 1.82) is 0 Å². The maximum absolute atomic E-state index is 13.9. The molecule has 142 valence electrons. The van der Waals surface area contributed by atoms with E-state index in [0.29, 0.717) is 12.8 Å². The molecule has 2 aliphatic heterocycles. The summed E-state index contributed by atoms with van der Waals surface area (Å²) >= 11 is 0. The summed E-state index contributed by atoms with van der Waals surface area (Å²) in [6.45, 7) is 5.46. The van der Waals surface area contributed by atoms with E-state index in [0.717, 1.165) is 31.4 Å². The molecule has 0 spiro atoms. The first-order valence-corrected chi connectivity index (χ1v) is 9.03. The van der Waals surface area contributed by atoms with Crippen LogP contribution < -0.4 is 0 Å². The summed E-state index contributed by atoms with van der Waals surface area (Å²) < 4.78 is 32.4. The van der Waals surface area contributed by atoms with Gasteiger partial charge in [-0.3, -0.25) is 4.79 Å². The largest absolute Gasteiger partial charge is 0.444 e. The van der Waals surface area contributed by atoms with Gasteiger partial charge < -0.3 is 9.64 Å². The summed E-state index contributed by atoms with van der Waals surface area (Å²) in [6, 6.07) is 1.95. The molecule has 0 N–H and O–H groups in total. The SMILES string of the molecule is CC(C)(C)OC(=O)N1C2CCCC1CC(C(=O)c1ccc(F)nc1F)C2. The van der Waals surface area contributed by atoms with Crippen molar-refractivity contribution >= 4 is 11.9 Å².